The molecule has 3 rings (SSSR count). The van der Waals surface area contributed by atoms with Crippen LogP contribution in [0.3, 0.4) is 0 Å². The molecule has 0 aliphatic rings. The highest BCUT2D eigenvalue weighted by Gasteiger charge is 2.10. The Bertz CT molecular complexity index is 876. The fraction of sp³-hybridized carbons (Fsp3) is 0.250. The van der Waals surface area contributed by atoms with Crippen molar-refractivity contribution >= 4 is 17.7 Å². The van der Waals surface area contributed by atoms with Crippen LogP contribution in [0.5, 0.6) is 5.75 Å². The second-order valence-electron chi connectivity index (χ2n) is 6.00. The standard InChI is InChI=1S/C20H21N3O3S/c1-14-3-7-16(8-4-14)20-22-19(26-23-20)11-21-18(24)13-27-12-15-5-9-17(25-2)10-6-15/h3-10H,11-13H2,1-2H3,(H,21,24). The first-order valence-electron chi connectivity index (χ1n) is 8.51. The van der Waals surface area contributed by atoms with Crippen molar-refractivity contribution in [1.82, 2.24) is 15.5 Å². The molecule has 0 aliphatic carbocycles. The highest BCUT2D eigenvalue weighted by atomic mass is 32.2. The van der Waals surface area contributed by atoms with Crippen molar-refractivity contribution in [3.8, 4) is 17.1 Å². The maximum absolute atomic E-state index is 12.0. The molecule has 140 valence electrons. The van der Waals surface area contributed by atoms with Crippen molar-refractivity contribution < 1.29 is 14.1 Å². The molecule has 7 heteroatoms. The molecule has 0 bridgehead atoms. The molecule has 0 radical (unpaired) electrons. The minimum atomic E-state index is -0.0661. The number of ether oxygens (including phenoxy) is 1. The highest BCUT2D eigenvalue weighted by molar-refractivity contribution is 7.99. The van der Waals surface area contributed by atoms with E-state index < -0.39 is 0 Å². The zero-order chi connectivity index (χ0) is 19.1. The van der Waals surface area contributed by atoms with E-state index in [-0.39, 0.29) is 12.5 Å². The summed E-state index contributed by atoms with van der Waals surface area (Å²) in [5.74, 6) is 2.79. The monoisotopic (exact) mass is 383 g/mol. The van der Waals surface area contributed by atoms with Crippen molar-refractivity contribution in [2.24, 2.45) is 0 Å². The average Bonchev–Trinajstić information content (AvgIpc) is 3.16. The molecule has 0 aliphatic heterocycles. The Morgan fingerprint density at radius 2 is 1.89 bits per heavy atom. The molecular formula is C20H21N3O3S. The van der Waals surface area contributed by atoms with Gasteiger partial charge in [0, 0.05) is 11.3 Å². The van der Waals surface area contributed by atoms with Gasteiger partial charge in [0.05, 0.1) is 19.4 Å². The number of amides is 1. The molecule has 1 amide bonds. The zero-order valence-corrected chi connectivity index (χ0v) is 16.1. The van der Waals surface area contributed by atoms with Gasteiger partial charge in [-0.15, -0.1) is 11.8 Å². The summed E-state index contributed by atoms with van der Waals surface area (Å²) in [6, 6.07) is 15.7. The lowest BCUT2D eigenvalue weighted by atomic mass is 10.1. The maximum Gasteiger partial charge on any atom is 0.246 e. The summed E-state index contributed by atoms with van der Waals surface area (Å²) in [5.41, 5.74) is 3.20. The van der Waals surface area contributed by atoms with Crippen LogP contribution in [0.1, 0.15) is 17.0 Å². The summed E-state index contributed by atoms with van der Waals surface area (Å²) in [5, 5.41) is 6.76. The van der Waals surface area contributed by atoms with Crippen LogP contribution < -0.4 is 10.1 Å². The van der Waals surface area contributed by atoms with Crippen molar-refractivity contribution in [3.63, 3.8) is 0 Å². The third-order valence-corrected chi connectivity index (χ3v) is 4.88. The summed E-state index contributed by atoms with van der Waals surface area (Å²) in [6.45, 7) is 2.24. The lowest BCUT2D eigenvalue weighted by Gasteiger charge is -2.04. The number of methoxy groups -OCH3 is 1. The van der Waals surface area contributed by atoms with E-state index in [1.807, 2.05) is 55.5 Å². The Labute approximate surface area is 162 Å². The van der Waals surface area contributed by atoms with Crippen LogP contribution in [-0.2, 0) is 17.1 Å². The molecule has 1 aromatic heterocycles. The molecule has 0 fully saturated rings. The van der Waals surface area contributed by atoms with E-state index in [1.165, 1.54) is 5.56 Å². The van der Waals surface area contributed by atoms with Crippen LogP contribution in [0.15, 0.2) is 53.1 Å². The smallest absolute Gasteiger partial charge is 0.246 e. The Kier molecular flexibility index (Phi) is 6.49. The first-order valence-corrected chi connectivity index (χ1v) is 9.66. The minimum Gasteiger partial charge on any atom is -0.497 e. The van der Waals surface area contributed by atoms with Gasteiger partial charge in [-0.05, 0) is 24.6 Å². The van der Waals surface area contributed by atoms with Crippen LogP contribution in [-0.4, -0.2) is 28.9 Å². The van der Waals surface area contributed by atoms with Gasteiger partial charge in [0.1, 0.15) is 5.75 Å². The maximum atomic E-state index is 12.0. The van der Waals surface area contributed by atoms with Gasteiger partial charge < -0.3 is 14.6 Å². The van der Waals surface area contributed by atoms with Crippen LogP contribution in [0.25, 0.3) is 11.4 Å². The molecule has 0 unspecified atom stereocenters. The van der Waals surface area contributed by atoms with Gasteiger partial charge in [0.2, 0.25) is 17.6 Å². The summed E-state index contributed by atoms with van der Waals surface area (Å²) in [4.78, 5) is 16.3. The lowest BCUT2D eigenvalue weighted by Crippen LogP contribution is -2.24. The second-order valence-corrected chi connectivity index (χ2v) is 6.98. The molecule has 0 spiro atoms. The number of aromatic nitrogens is 2. The van der Waals surface area contributed by atoms with Crippen molar-refractivity contribution in [1.29, 1.82) is 0 Å². The van der Waals surface area contributed by atoms with Crippen LogP contribution in [0, 0.1) is 6.92 Å². The number of carbonyl (C=O) groups is 1. The lowest BCUT2D eigenvalue weighted by molar-refractivity contribution is -0.118. The first kappa shape index (κ1) is 19.0. The van der Waals surface area contributed by atoms with Crippen LogP contribution >= 0.6 is 11.8 Å². The van der Waals surface area contributed by atoms with Gasteiger partial charge in [-0.3, -0.25) is 4.79 Å². The molecule has 1 N–H and O–H groups in total. The van der Waals surface area contributed by atoms with Crippen molar-refractivity contribution in [3.05, 3.63) is 65.5 Å². The van der Waals surface area contributed by atoms with E-state index in [2.05, 4.69) is 15.5 Å². The molecular weight excluding hydrogens is 362 g/mol. The average molecular weight is 383 g/mol. The van der Waals surface area contributed by atoms with Crippen LogP contribution in [0.2, 0.25) is 0 Å². The third-order valence-electron chi connectivity index (χ3n) is 3.88. The molecule has 6 nitrogen and oxygen atoms in total. The Hall–Kier alpha value is -2.80. The minimum absolute atomic E-state index is 0.0661. The fourth-order valence-corrected chi connectivity index (χ4v) is 3.17. The number of nitrogens with zero attached hydrogens (tertiary/aromatic N) is 2. The SMILES string of the molecule is COc1ccc(CSCC(=O)NCc2nc(-c3ccc(C)cc3)no2)cc1. The Balaban J connectivity index is 1.42. The van der Waals surface area contributed by atoms with Crippen molar-refractivity contribution in [2.75, 3.05) is 12.9 Å². The number of hydrogen-bond acceptors (Lipinski definition) is 6. The summed E-state index contributed by atoms with van der Waals surface area (Å²) in [6.07, 6.45) is 0. The van der Waals surface area contributed by atoms with E-state index in [0.29, 0.717) is 17.5 Å². The second kappa shape index (κ2) is 9.23. The molecule has 0 atom stereocenters. The number of benzene rings is 2. The molecule has 0 saturated heterocycles. The predicted molar refractivity (Wildman–Crippen MR) is 105 cm³/mol. The van der Waals surface area contributed by atoms with Gasteiger partial charge in [-0.2, -0.15) is 4.98 Å². The van der Waals surface area contributed by atoms with Gasteiger partial charge in [-0.1, -0.05) is 47.1 Å². The molecule has 27 heavy (non-hydrogen) atoms. The topological polar surface area (TPSA) is 77.2 Å². The summed E-state index contributed by atoms with van der Waals surface area (Å²) in [7, 11) is 1.64. The van der Waals surface area contributed by atoms with E-state index in [9.17, 15) is 4.79 Å². The van der Waals surface area contributed by atoms with Crippen molar-refractivity contribution in [2.45, 2.75) is 19.2 Å². The van der Waals surface area contributed by atoms with E-state index in [1.54, 1.807) is 18.9 Å². The van der Waals surface area contributed by atoms with Gasteiger partial charge >= 0.3 is 0 Å². The summed E-state index contributed by atoms with van der Waals surface area (Å²) >= 11 is 1.55. The van der Waals surface area contributed by atoms with Gasteiger partial charge in [0.25, 0.3) is 0 Å². The summed E-state index contributed by atoms with van der Waals surface area (Å²) < 4.78 is 10.3. The highest BCUT2D eigenvalue weighted by Crippen LogP contribution is 2.17. The number of nitrogens with one attached hydrogen (secondary N) is 1. The van der Waals surface area contributed by atoms with Gasteiger partial charge in [0.15, 0.2) is 0 Å². The van der Waals surface area contributed by atoms with Gasteiger partial charge in [-0.25, -0.2) is 0 Å². The van der Waals surface area contributed by atoms with E-state index in [4.69, 9.17) is 9.26 Å². The number of hydrogen-bond donors (Lipinski definition) is 1. The molecule has 1 heterocycles. The van der Waals surface area contributed by atoms with Crippen LogP contribution in [0.4, 0.5) is 0 Å². The molecule has 2 aromatic carbocycles. The molecule has 0 saturated carbocycles. The zero-order valence-electron chi connectivity index (χ0n) is 15.3. The Morgan fingerprint density at radius 1 is 1.15 bits per heavy atom. The van der Waals surface area contributed by atoms with E-state index >= 15 is 0 Å². The third kappa shape index (κ3) is 5.59. The largest absolute Gasteiger partial charge is 0.497 e. The number of rotatable bonds is 8. The number of carbonyl (C=O) groups excluding carboxylic acids is 1. The predicted octanol–water partition coefficient (Wildman–Crippen LogP) is 3.60. The number of aryl methyl sites for hydroxylation is 1. The normalized spacial score (nSPS) is 10.6. The fourth-order valence-electron chi connectivity index (χ4n) is 2.36. The van der Waals surface area contributed by atoms with E-state index in [0.717, 1.165) is 22.6 Å². The first-order chi connectivity index (χ1) is 13.1. The number of thioether (sulfide) groups is 1. The Morgan fingerprint density at radius 3 is 2.59 bits per heavy atom. The molecule has 3 aromatic rings. The quantitative estimate of drug-likeness (QED) is 0.640.